The first-order valence-corrected chi connectivity index (χ1v) is 19.5. The first-order valence-electron chi connectivity index (χ1n) is 19.5. The fourth-order valence-corrected chi connectivity index (χ4v) is 12.7. The molecular weight excluding hydrogens is 648 g/mol. The summed E-state index contributed by atoms with van der Waals surface area (Å²) in [5.74, 6) is 2.25. The monoisotopic (exact) mass is 708 g/mol. The second kappa shape index (κ2) is 12.9. The summed E-state index contributed by atoms with van der Waals surface area (Å²) >= 11 is 0. The molecule has 4 saturated carbocycles. The van der Waals surface area contributed by atoms with Gasteiger partial charge in [0.1, 0.15) is 42.4 Å². The van der Waals surface area contributed by atoms with Crippen LogP contribution in [0.4, 0.5) is 0 Å². The molecule has 0 radical (unpaired) electrons. The molecule has 0 amide bonds. The van der Waals surface area contributed by atoms with Crippen molar-refractivity contribution >= 4 is 5.78 Å². The van der Waals surface area contributed by atoms with E-state index >= 15 is 0 Å². The number of hydrogen-bond donors (Lipinski definition) is 5. The molecule has 8 fully saturated rings. The zero-order valence-electron chi connectivity index (χ0n) is 30.3. The van der Waals surface area contributed by atoms with E-state index in [1.165, 1.54) is 0 Å². The Bertz CT molecular complexity index is 1270. The zero-order valence-corrected chi connectivity index (χ0v) is 30.3. The van der Waals surface area contributed by atoms with Gasteiger partial charge >= 0.3 is 0 Å². The van der Waals surface area contributed by atoms with Crippen LogP contribution in [0.25, 0.3) is 0 Å². The average Bonchev–Trinajstić information content (AvgIpc) is 3.53. The van der Waals surface area contributed by atoms with Crippen LogP contribution in [0.5, 0.6) is 0 Å². The van der Waals surface area contributed by atoms with Crippen LogP contribution in [-0.2, 0) is 33.2 Å². The Balaban J connectivity index is 1.04. The van der Waals surface area contributed by atoms with E-state index in [4.69, 9.17) is 28.4 Å². The van der Waals surface area contributed by atoms with Crippen molar-refractivity contribution in [3.63, 3.8) is 0 Å². The van der Waals surface area contributed by atoms with Crippen molar-refractivity contribution in [2.45, 2.75) is 166 Å². The van der Waals surface area contributed by atoms with Gasteiger partial charge in [-0.25, -0.2) is 0 Å². The normalized spacial score (nSPS) is 59.4. The Hall–Kier alpha value is -0.770. The lowest BCUT2D eigenvalue weighted by molar-refractivity contribution is -0.356. The molecule has 8 aliphatic rings. The molecule has 12 nitrogen and oxygen atoms in total. The number of carbonyl (C=O) groups excluding carboxylic acids is 1. The van der Waals surface area contributed by atoms with E-state index in [9.17, 15) is 30.3 Å². The third-order valence-electron chi connectivity index (χ3n) is 15.6. The second-order valence-corrected chi connectivity index (χ2v) is 18.2. The molecule has 4 saturated heterocycles. The second-order valence-electron chi connectivity index (χ2n) is 18.2. The number of aliphatic hydroxyl groups excluding tert-OH is 5. The summed E-state index contributed by atoms with van der Waals surface area (Å²) in [5.41, 5.74) is -0.0225. The van der Waals surface area contributed by atoms with E-state index in [1.807, 2.05) is 0 Å². The van der Waals surface area contributed by atoms with Gasteiger partial charge in [-0.05, 0) is 91.8 Å². The molecule has 284 valence electrons. The van der Waals surface area contributed by atoms with Gasteiger partial charge in [-0.3, -0.25) is 4.79 Å². The Morgan fingerprint density at radius 2 is 1.56 bits per heavy atom. The van der Waals surface area contributed by atoms with Gasteiger partial charge in [0, 0.05) is 25.2 Å². The Morgan fingerprint density at radius 1 is 0.780 bits per heavy atom. The van der Waals surface area contributed by atoms with E-state index in [-0.39, 0.29) is 41.3 Å². The van der Waals surface area contributed by atoms with Crippen molar-refractivity contribution in [1.29, 1.82) is 0 Å². The van der Waals surface area contributed by atoms with Crippen molar-refractivity contribution < 1.29 is 58.7 Å². The lowest BCUT2D eigenvalue weighted by Crippen LogP contribution is -2.64. The van der Waals surface area contributed by atoms with Crippen molar-refractivity contribution in [3.05, 3.63) is 0 Å². The van der Waals surface area contributed by atoms with E-state index in [1.54, 1.807) is 6.92 Å². The number of Topliss-reactive ketones (excluding diaryl/α,β-unsaturated/α-hetero) is 1. The van der Waals surface area contributed by atoms with Crippen LogP contribution in [-0.4, -0.2) is 118 Å². The highest BCUT2D eigenvalue weighted by atomic mass is 16.7. The van der Waals surface area contributed by atoms with Gasteiger partial charge in [-0.15, -0.1) is 0 Å². The highest BCUT2D eigenvalue weighted by Crippen LogP contribution is 2.71. The molecule has 0 aromatic carbocycles. The lowest BCUT2D eigenvalue weighted by Gasteiger charge is -2.62. The minimum Gasteiger partial charge on any atom is -0.388 e. The van der Waals surface area contributed by atoms with E-state index in [0.717, 1.165) is 51.6 Å². The number of fused-ring (bicyclic) bond motifs is 7. The third-order valence-corrected chi connectivity index (χ3v) is 15.6. The van der Waals surface area contributed by atoms with Crippen LogP contribution in [0.15, 0.2) is 0 Å². The van der Waals surface area contributed by atoms with Gasteiger partial charge in [-0.1, -0.05) is 27.7 Å². The lowest BCUT2D eigenvalue weighted by atomic mass is 9.43. The molecule has 5 N–H and O–H groups in total. The first-order chi connectivity index (χ1) is 23.7. The molecule has 0 unspecified atom stereocenters. The van der Waals surface area contributed by atoms with E-state index < -0.39 is 61.1 Å². The van der Waals surface area contributed by atoms with Crippen LogP contribution >= 0.6 is 0 Å². The molecule has 4 aliphatic carbocycles. The molecule has 0 bridgehead atoms. The van der Waals surface area contributed by atoms with Gasteiger partial charge in [-0.2, -0.15) is 0 Å². The van der Waals surface area contributed by atoms with Crippen molar-refractivity contribution in [3.8, 4) is 0 Å². The standard InChI is InChI=1S/C38H60O12/c1-17-6-11-38(46-15-17)18(2)28-27(50-38)14-23-21-13-26(24-12-20(39)7-9-36(24,4)22(21)8-10-37(23,28)5)48-35-32(44)33(29(41)19(3)47-35)49-34-31(43)30(42)25(40)16-45-34/h17-19,21-35,40-44H,6-16H2,1-5H3/t17-,18+,19-,21-,22+,23+,24-,25-,26+,27+,28+,29-,30+,31-,32-,33+,34+,35+,36-,37+,38-/m1/s1. The van der Waals surface area contributed by atoms with Crippen molar-refractivity contribution in [2.75, 3.05) is 13.2 Å². The number of aliphatic hydroxyl groups is 5. The Kier molecular flexibility index (Phi) is 9.36. The van der Waals surface area contributed by atoms with Gasteiger partial charge in [0.05, 0.1) is 31.5 Å². The van der Waals surface area contributed by atoms with E-state index in [0.29, 0.717) is 48.3 Å². The maximum Gasteiger partial charge on any atom is 0.186 e. The van der Waals surface area contributed by atoms with Gasteiger partial charge < -0.3 is 54.0 Å². The molecule has 1 spiro atoms. The van der Waals surface area contributed by atoms with Crippen LogP contribution < -0.4 is 0 Å². The minimum absolute atomic E-state index is 0.0382. The third kappa shape index (κ3) is 5.52. The fraction of sp³-hybridized carbons (Fsp3) is 0.974. The maximum atomic E-state index is 13.0. The number of ether oxygens (including phenoxy) is 6. The predicted octanol–water partition coefficient (Wildman–Crippen LogP) is 2.29. The Labute approximate surface area is 295 Å². The fourth-order valence-electron chi connectivity index (χ4n) is 12.7. The summed E-state index contributed by atoms with van der Waals surface area (Å²) in [6, 6.07) is 0. The molecule has 0 aromatic heterocycles. The molecule has 21 atom stereocenters. The smallest absolute Gasteiger partial charge is 0.186 e. The first kappa shape index (κ1) is 36.2. The van der Waals surface area contributed by atoms with Crippen molar-refractivity contribution in [2.24, 2.45) is 52.3 Å². The van der Waals surface area contributed by atoms with Crippen LogP contribution in [0, 0.1) is 52.3 Å². The minimum atomic E-state index is -1.58. The predicted molar refractivity (Wildman–Crippen MR) is 176 cm³/mol. The van der Waals surface area contributed by atoms with Crippen LogP contribution in [0.3, 0.4) is 0 Å². The summed E-state index contributed by atoms with van der Waals surface area (Å²) in [5, 5.41) is 53.3. The van der Waals surface area contributed by atoms with Crippen LogP contribution in [0.1, 0.15) is 92.4 Å². The average molecular weight is 709 g/mol. The molecule has 4 heterocycles. The topological polar surface area (TPSA) is 174 Å². The zero-order chi connectivity index (χ0) is 35.5. The number of rotatable bonds is 4. The summed E-state index contributed by atoms with van der Waals surface area (Å²) < 4.78 is 37.8. The van der Waals surface area contributed by atoms with E-state index in [2.05, 4.69) is 27.7 Å². The highest BCUT2D eigenvalue weighted by molar-refractivity contribution is 5.79. The van der Waals surface area contributed by atoms with Crippen molar-refractivity contribution in [1.82, 2.24) is 0 Å². The molecule has 8 rings (SSSR count). The quantitative estimate of drug-likeness (QED) is 0.270. The molecular formula is C38H60O12. The summed E-state index contributed by atoms with van der Waals surface area (Å²) in [4.78, 5) is 13.0. The molecule has 0 aromatic rings. The van der Waals surface area contributed by atoms with Gasteiger partial charge in [0.2, 0.25) is 0 Å². The number of hydrogen-bond acceptors (Lipinski definition) is 12. The maximum absolute atomic E-state index is 13.0. The largest absolute Gasteiger partial charge is 0.388 e. The SMILES string of the molecule is C[C@@H]1CC[C@@]2(OC1)O[C@H]1C[C@H]3[C@@H]4C[C@H](O[C@@H]5O[C@H](C)[C@@H](O)[C@H](O[C@@H]6OC[C@@H](O)[C@H](O)[C@H]6O)[C@H]5O)[C@H]5CC(=O)CC[C@]5(C)[C@H]4CC[C@]3(C)[C@H]1[C@@H]2C. The number of carbonyl (C=O) groups is 1. The number of ketones is 1. The summed E-state index contributed by atoms with van der Waals surface area (Å²) in [7, 11) is 0. The van der Waals surface area contributed by atoms with Gasteiger partial charge in [0.25, 0.3) is 0 Å². The van der Waals surface area contributed by atoms with Crippen LogP contribution in [0.2, 0.25) is 0 Å². The summed E-state index contributed by atoms with van der Waals surface area (Å²) in [6.45, 7) is 11.6. The molecule has 4 aliphatic heterocycles. The molecule has 12 heteroatoms. The Morgan fingerprint density at radius 3 is 2.30 bits per heavy atom. The summed E-state index contributed by atoms with van der Waals surface area (Å²) in [6.07, 6.45) is -4.01. The molecule has 50 heavy (non-hydrogen) atoms. The highest BCUT2D eigenvalue weighted by Gasteiger charge is 2.70. The van der Waals surface area contributed by atoms with Gasteiger partial charge in [0.15, 0.2) is 18.4 Å².